The van der Waals surface area contributed by atoms with E-state index in [1.807, 2.05) is 43.9 Å². The van der Waals surface area contributed by atoms with E-state index in [0.29, 0.717) is 0 Å². The molecule has 150 valence electrons. The number of amides is 1. The zero-order valence-electron chi connectivity index (χ0n) is 16.4. The second-order valence-electron chi connectivity index (χ2n) is 8.72. The summed E-state index contributed by atoms with van der Waals surface area (Å²) in [5.41, 5.74) is 0.436. The minimum Gasteiger partial charge on any atom is -0.490 e. The van der Waals surface area contributed by atoms with Crippen LogP contribution in [0.1, 0.15) is 56.9 Å². The van der Waals surface area contributed by atoms with Crippen LogP contribution in [-0.4, -0.2) is 50.8 Å². The van der Waals surface area contributed by atoms with Crippen molar-refractivity contribution in [2.24, 2.45) is 0 Å². The number of carbonyl (C=O) groups excluding carboxylic acids is 1. The number of H-pyrrole nitrogens is 1. The maximum Gasteiger partial charge on any atom is 0.410 e. The Morgan fingerprint density at radius 2 is 1.82 bits per heavy atom. The first-order valence-electron chi connectivity index (χ1n) is 9.73. The molecule has 4 rings (SSSR count). The van der Waals surface area contributed by atoms with Gasteiger partial charge in [-0.3, -0.25) is 0 Å². The van der Waals surface area contributed by atoms with E-state index in [2.05, 4.69) is 4.98 Å². The topological polar surface area (TPSA) is 91.9 Å². The molecule has 0 aliphatic carbocycles. The largest absolute Gasteiger partial charge is 0.490 e. The van der Waals surface area contributed by atoms with Gasteiger partial charge in [0.2, 0.25) is 0 Å². The van der Waals surface area contributed by atoms with Crippen LogP contribution in [0.25, 0.3) is 10.9 Å². The quantitative estimate of drug-likeness (QED) is 0.826. The molecule has 1 amide bonds. The standard InChI is InChI=1S/C21H26N2O5/c1-21(2,3)28-20(26)23-13-4-5-14(23)11-16(10-13)27-15-6-7-17-12(8-15)9-18(22-17)19(24)25/h6-9,13-14,16,22H,4-5,10-11H2,1-3H3,(H,24,25)/t13-,14+,16+. The third-order valence-electron chi connectivity index (χ3n) is 5.42. The van der Waals surface area contributed by atoms with Gasteiger partial charge >= 0.3 is 12.1 Å². The van der Waals surface area contributed by atoms with E-state index in [4.69, 9.17) is 14.6 Å². The lowest BCUT2D eigenvalue weighted by Crippen LogP contribution is -2.50. The molecule has 2 aromatic rings. The van der Waals surface area contributed by atoms with Gasteiger partial charge in [-0.2, -0.15) is 0 Å². The molecule has 1 aromatic heterocycles. The molecule has 0 spiro atoms. The second-order valence-corrected chi connectivity index (χ2v) is 8.72. The fourth-order valence-corrected chi connectivity index (χ4v) is 4.33. The molecule has 7 nitrogen and oxygen atoms in total. The van der Waals surface area contributed by atoms with Crippen molar-refractivity contribution in [2.75, 3.05) is 0 Å². The highest BCUT2D eigenvalue weighted by molar-refractivity contribution is 5.94. The van der Waals surface area contributed by atoms with Crippen LogP contribution in [-0.2, 0) is 4.74 Å². The molecule has 1 aromatic carbocycles. The third-order valence-corrected chi connectivity index (χ3v) is 5.42. The Balaban J connectivity index is 1.44. The zero-order valence-corrected chi connectivity index (χ0v) is 16.4. The summed E-state index contributed by atoms with van der Waals surface area (Å²) in [7, 11) is 0. The van der Waals surface area contributed by atoms with Crippen molar-refractivity contribution in [1.82, 2.24) is 9.88 Å². The number of rotatable bonds is 3. The third kappa shape index (κ3) is 3.66. The summed E-state index contributed by atoms with van der Waals surface area (Å²) in [6, 6.07) is 7.45. The van der Waals surface area contributed by atoms with Gasteiger partial charge in [0.05, 0.1) is 0 Å². The maximum atomic E-state index is 12.6. The Morgan fingerprint density at radius 3 is 2.43 bits per heavy atom. The van der Waals surface area contributed by atoms with Crippen LogP contribution >= 0.6 is 0 Å². The Hall–Kier alpha value is -2.70. The first-order chi connectivity index (χ1) is 13.2. The molecule has 7 heteroatoms. The van der Waals surface area contributed by atoms with Crippen LogP contribution in [0.3, 0.4) is 0 Å². The van der Waals surface area contributed by atoms with Gasteiger partial charge in [-0.05, 0) is 57.9 Å². The number of aromatic nitrogens is 1. The van der Waals surface area contributed by atoms with E-state index in [-0.39, 0.29) is 30.0 Å². The molecular formula is C21H26N2O5. The fourth-order valence-electron chi connectivity index (χ4n) is 4.33. The average molecular weight is 386 g/mol. The summed E-state index contributed by atoms with van der Waals surface area (Å²) < 4.78 is 11.8. The maximum absolute atomic E-state index is 12.6. The summed E-state index contributed by atoms with van der Waals surface area (Å²) in [5, 5.41) is 9.93. The van der Waals surface area contributed by atoms with E-state index >= 15 is 0 Å². The van der Waals surface area contributed by atoms with Gasteiger partial charge in [0, 0.05) is 35.8 Å². The molecule has 0 unspecified atom stereocenters. The molecule has 2 bridgehead atoms. The number of carboxylic acid groups (broad SMARTS) is 1. The van der Waals surface area contributed by atoms with Crippen LogP contribution < -0.4 is 4.74 Å². The summed E-state index contributed by atoms with van der Waals surface area (Å²) in [5.74, 6) is -0.261. The predicted molar refractivity (Wildman–Crippen MR) is 104 cm³/mol. The van der Waals surface area contributed by atoms with E-state index in [0.717, 1.165) is 42.3 Å². The van der Waals surface area contributed by atoms with Gasteiger partial charge in [0.25, 0.3) is 0 Å². The number of hydrogen-bond donors (Lipinski definition) is 2. The van der Waals surface area contributed by atoms with Crippen molar-refractivity contribution < 1.29 is 24.2 Å². The molecule has 2 N–H and O–H groups in total. The van der Waals surface area contributed by atoms with E-state index in [9.17, 15) is 9.59 Å². The van der Waals surface area contributed by atoms with Gasteiger partial charge in [-0.25, -0.2) is 9.59 Å². The lowest BCUT2D eigenvalue weighted by molar-refractivity contribution is -0.00707. The zero-order chi connectivity index (χ0) is 20.1. The highest BCUT2D eigenvalue weighted by atomic mass is 16.6. The second kappa shape index (κ2) is 6.72. The summed E-state index contributed by atoms with van der Waals surface area (Å²) >= 11 is 0. The number of fused-ring (bicyclic) bond motifs is 3. The Kier molecular flexibility index (Phi) is 4.48. The number of piperidine rings is 1. The first kappa shape index (κ1) is 18.7. The Bertz CT molecular complexity index is 899. The van der Waals surface area contributed by atoms with Gasteiger partial charge in [0.1, 0.15) is 23.1 Å². The summed E-state index contributed by atoms with van der Waals surface area (Å²) in [4.78, 5) is 28.4. The van der Waals surface area contributed by atoms with E-state index < -0.39 is 11.6 Å². The van der Waals surface area contributed by atoms with Gasteiger partial charge in [-0.15, -0.1) is 0 Å². The molecule has 0 radical (unpaired) electrons. The van der Waals surface area contributed by atoms with E-state index in [1.54, 1.807) is 6.07 Å². The van der Waals surface area contributed by atoms with Crippen molar-refractivity contribution in [2.45, 2.75) is 70.2 Å². The summed E-state index contributed by atoms with van der Waals surface area (Å²) in [6.45, 7) is 5.65. The van der Waals surface area contributed by atoms with Crippen molar-refractivity contribution >= 4 is 23.0 Å². The van der Waals surface area contributed by atoms with Crippen molar-refractivity contribution in [3.05, 3.63) is 30.0 Å². The van der Waals surface area contributed by atoms with Crippen molar-refractivity contribution in [3.63, 3.8) is 0 Å². The average Bonchev–Trinajstić information content (AvgIpc) is 3.12. The van der Waals surface area contributed by atoms with Gasteiger partial charge in [-0.1, -0.05) is 0 Å². The number of carbonyl (C=O) groups is 2. The highest BCUT2D eigenvalue weighted by Crippen LogP contribution is 2.38. The van der Waals surface area contributed by atoms with Crippen LogP contribution in [0.4, 0.5) is 4.79 Å². The number of nitrogens with zero attached hydrogens (tertiary/aromatic N) is 1. The minimum atomic E-state index is -0.982. The summed E-state index contributed by atoms with van der Waals surface area (Å²) in [6.07, 6.45) is 3.31. The molecule has 2 saturated heterocycles. The lowest BCUT2D eigenvalue weighted by atomic mass is 10.00. The minimum absolute atomic E-state index is 0.0338. The SMILES string of the molecule is CC(C)(C)OC(=O)N1[C@@H]2CC[C@H]1C[C@@H](Oc1ccc3[nH]c(C(=O)O)cc3c1)C2. The number of nitrogens with one attached hydrogen (secondary N) is 1. The van der Waals surface area contributed by atoms with Crippen LogP contribution in [0.2, 0.25) is 0 Å². The fraction of sp³-hybridized carbons (Fsp3) is 0.524. The molecule has 0 saturated carbocycles. The monoisotopic (exact) mass is 386 g/mol. The van der Waals surface area contributed by atoms with Crippen LogP contribution in [0.15, 0.2) is 24.3 Å². The lowest BCUT2D eigenvalue weighted by Gasteiger charge is -2.39. The number of hydrogen-bond acceptors (Lipinski definition) is 4. The number of benzene rings is 1. The molecule has 2 aliphatic heterocycles. The molecule has 2 fully saturated rings. The molecule has 3 heterocycles. The molecule has 28 heavy (non-hydrogen) atoms. The molecular weight excluding hydrogens is 360 g/mol. The first-order valence-corrected chi connectivity index (χ1v) is 9.73. The molecule has 3 atom stereocenters. The number of aromatic carboxylic acids is 1. The van der Waals surface area contributed by atoms with Crippen molar-refractivity contribution in [1.29, 1.82) is 0 Å². The van der Waals surface area contributed by atoms with Crippen LogP contribution in [0.5, 0.6) is 5.75 Å². The number of carboxylic acids is 1. The van der Waals surface area contributed by atoms with Gasteiger partial charge < -0.3 is 24.5 Å². The normalized spacial score (nSPS) is 24.4. The Labute approximate surface area is 163 Å². The molecule has 2 aliphatic rings. The predicted octanol–water partition coefficient (Wildman–Crippen LogP) is 4.18. The Morgan fingerprint density at radius 1 is 1.14 bits per heavy atom. The number of ether oxygens (including phenoxy) is 2. The number of aromatic amines is 1. The highest BCUT2D eigenvalue weighted by Gasteiger charge is 2.45. The van der Waals surface area contributed by atoms with Gasteiger partial charge in [0.15, 0.2) is 0 Å². The van der Waals surface area contributed by atoms with Crippen LogP contribution in [0, 0.1) is 0 Å². The smallest absolute Gasteiger partial charge is 0.410 e. The van der Waals surface area contributed by atoms with E-state index in [1.165, 1.54) is 0 Å². The van der Waals surface area contributed by atoms with Crippen molar-refractivity contribution in [3.8, 4) is 5.75 Å².